The summed E-state index contributed by atoms with van der Waals surface area (Å²) in [5.41, 5.74) is 1.31. The third kappa shape index (κ3) is 2.46. The van der Waals surface area contributed by atoms with E-state index in [1.165, 1.54) is 0 Å². The molecule has 1 heterocycles. The zero-order chi connectivity index (χ0) is 10.9. The number of hydrogen-bond donors (Lipinski definition) is 0. The van der Waals surface area contributed by atoms with Crippen LogP contribution in [0.2, 0.25) is 0 Å². The van der Waals surface area contributed by atoms with Crippen molar-refractivity contribution in [3.05, 3.63) is 42.1 Å². The Bertz CT molecular complexity index is 590. The van der Waals surface area contributed by atoms with Crippen LogP contribution in [0.3, 0.4) is 0 Å². The number of halogens is 1. The minimum atomic E-state index is -3.54. The molecule has 0 aliphatic carbocycles. The third-order valence-corrected chi connectivity index (χ3v) is 3.03. The largest absolute Gasteiger partial charge is 0.256 e. The van der Waals surface area contributed by atoms with Gasteiger partial charge in [-0.3, -0.25) is 4.98 Å². The van der Waals surface area contributed by atoms with Crippen molar-refractivity contribution in [2.45, 2.75) is 5.75 Å². The van der Waals surface area contributed by atoms with E-state index in [1.54, 1.807) is 24.4 Å². The van der Waals surface area contributed by atoms with E-state index in [0.717, 1.165) is 5.39 Å². The second kappa shape index (κ2) is 3.79. The second-order valence-corrected chi connectivity index (χ2v) is 5.95. The molecule has 0 saturated heterocycles. The molecule has 2 aromatic rings. The number of benzene rings is 1. The fourth-order valence-electron chi connectivity index (χ4n) is 1.47. The van der Waals surface area contributed by atoms with Crippen molar-refractivity contribution in [2.24, 2.45) is 0 Å². The summed E-state index contributed by atoms with van der Waals surface area (Å²) < 4.78 is 22.0. The lowest BCUT2D eigenvalue weighted by atomic mass is 10.1. The van der Waals surface area contributed by atoms with Crippen LogP contribution in [0.15, 0.2) is 36.5 Å². The van der Waals surface area contributed by atoms with Crippen LogP contribution in [0.25, 0.3) is 10.9 Å². The zero-order valence-corrected chi connectivity index (χ0v) is 9.29. The van der Waals surface area contributed by atoms with Crippen molar-refractivity contribution < 1.29 is 8.42 Å². The fraction of sp³-hybridized carbons (Fsp3) is 0.100. The highest BCUT2D eigenvalue weighted by Crippen LogP contribution is 2.19. The van der Waals surface area contributed by atoms with Crippen LogP contribution in [-0.4, -0.2) is 13.4 Å². The van der Waals surface area contributed by atoms with Gasteiger partial charge in [-0.25, -0.2) is 8.42 Å². The minimum absolute atomic E-state index is 0.192. The van der Waals surface area contributed by atoms with Crippen molar-refractivity contribution in [1.29, 1.82) is 0 Å². The highest BCUT2D eigenvalue weighted by Gasteiger charge is 2.10. The molecule has 0 unspecified atom stereocenters. The number of aromatic nitrogens is 1. The Morgan fingerprint density at radius 1 is 1.20 bits per heavy atom. The van der Waals surface area contributed by atoms with Crippen molar-refractivity contribution >= 4 is 30.6 Å². The molecule has 0 aliphatic rings. The molecule has 0 aliphatic heterocycles. The second-order valence-electron chi connectivity index (χ2n) is 3.18. The summed E-state index contributed by atoms with van der Waals surface area (Å²) in [6, 6.07) is 9.08. The van der Waals surface area contributed by atoms with E-state index in [4.69, 9.17) is 10.7 Å². The van der Waals surface area contributed by atoms with E-state index in [0.29, 0.717) is 11.1 Å². The molecular formula is C10H8ClNO2S. The van der Waals surface area contributed by atoms with E-state index < -0.39 is 9.05 Å². The molecule has 5 heteroatoms. The number of nitrogens with zero attached hydrogens (tertiary/aromatic N) is 1. The van der Waals surface area contributed by atoms with Crippen molar-refractivity contribution in [3.63, 3.8) is 0 Å². The highest BCUT2D eigenvalue weighted by molar-refractivity contribution is 8.13. The third-order valence-electron chi connectivity index (χ3n) is 2.04. The van der Waals surface area contributed by atoms with E-state index in [1.807, 2.05) is 12.1 Å². The molecular weight excluding hydrogens is 234 g/mol. The number of rotatable bonds is 2. The van der Waals surface area contributed by atoms with Gasteiger partial charge in [-0.05, 0) is 11.6 Å². The molecule has 0 radical (unpaired) electrons. The van der Waals surface area contributed by atoms with Gasteiger partial charge in [0.25, 0.3) is 0 Å². The Kier molecular flexibility index (Phi) is 2.63. The first kappa shape index (κ1) is 10.4. The number of para-hydroxylation sites is 1. The predicted octanol–water partition coefficient (Wildman–Crippen LogP) is 2.30. The lowest BCUT2D eigenvalue weighted by Crippen LogP contribution is -1.96. The quantitative estimate of drug-likeness (QED) is 0.758. The molecule has 1 aromatic carbocycles. The summed E-state index contributed by atoms with van der Waals surface area (Å²) in [5.74, 6) is -0.192. The topological polar surface area (TPSA) is 47.0 Å². The van der Waals surface area contributed by atoms with Gasteiger partial charge >= 0.3 is 0 Å². The number of hydrogen-bond acceptors (Lipinski definition) is 3. The molecule has 0 atom stereocenters. The summed E-state index contributed by atoms with van der Waals surface area (Å²) in [7, 11) is 1.68. The maximum absolute atomic E-state index is 11.0. The molecule has 0 saturated carbocycles. The molecule has 2 rings (SSSR count). The standard InChI is InChI=1S/C10H8ClNO2S/c11-15(13,14)7-9-4-1-3-8-5-2-6-12-10(8)9/h1-6H,7H2. The minimum Gasteiger partial charge on any atom is -0.256 e. The van der Waals surface area contributed by atoms with Gasteiger partial charge in [0.05, 0.1) is 11.3 Å². The maximum atomic E-state index is 11.0. The van der Waals surface area contributed by atoms with E-state index in [-0.39, 0.29) is 5.75 Å². The number of pyridine rings is 1. The average Bonchev–Trinajstić information content (AvgIpc) is 2.16. The lowest BCUT2D eigenvalue weighted by molar-refractivity contribution is 0.609. The van der Waals surface area contributed by atoms with Crippen LogP contribution in [-0.2, 0) is 14.8 Å². The van der Waals surface area contributed by atoms with Crippen LogP contribution in [0.4, 0.5) is 0 Å². The van der Waals surface area contributed by atoms with Crippen LogP contribution < -0.4 is 0 Å². The van der Waals surface area contributed by atoms with E-state index in [9.17, 15) is 8.42 Å². The first-order valence-corrected chi connectivity index (χ1v) is 6.79. The summed E-state index contributed by atoms with van der Waals surface area (Å²) in [5, 5.41) is 0.912. The number of fused-ring (bicyclic) bond motifs is 1. The summed E-state index contributed by atoms with van der Waals surface area (Å²) in [6.45, 7) is 0. The molecule has 3 nitrogen and oxygen atoms in total. The van der Waals surface area contributed by atoms with E-state index in [2.05, 4.69) is 4.98 Å². The summed E-state index contributed by atoms with van der Waals surface area (Å²) in [4.78, 5) is 4.14. The molecule has 0 amide bonds. The first-order valence-electron chi connectivity index (χ1n) is 4.31. The van der Waals surface area contributed by atoms with Gasteiger partial charge in [-0.15, -0.1) is 0 Å². The lowest BCUT2D eigenvalue weighted by Gasteiger charge is -2.02. The van der Waals surface area contributed by atoms with E-state index >= 15 is 0 Å². The van der Waals surface area contributed by atoms with Crippen LogP contribution in [0.5, 0.6) is 0 Å². The Hall–Kier alpha value is -1.13. The van der Waals surface area contributed by atoms with Gasteiger partial charge in [-0.1, -0.05) is 24.3 Å². The molecule has 15 heavy (non-hydrogen) atoms. The monoisotopic (exact) mass is 241 g/mol. The Labute approximate surface area is 92.1 Å². The molecule has 1 aromatic heterocycles. The van der Waals surface area contributed by atoms with Gasteiger partial charge < -0.3 is 0 Å². The predicted molar refractivity (Wildman–Crippen MR) is 60.2 cm³/mol. The van der Waals surface area contributed by atoms with Crippen LogP contribution in [0.1, 0.15) is 5.56 Å². The van der Waals surface area contributed by atoms with Gasteiger partial charge in [0, 0.05) is 22.3 Å². The van der Waals surface area contributed by atoms with Gasteiger partial charge in [0.1, 0.15) is 0 Å². The maximum Gasteiger partial charge on any atom is 0.236 e. The molecule has 0 N–H and O–H groups in total. The normalized spacial score (nSPS) is 11.8. The van der Waals surface area contributed by atoms with Gasteiger partial charge in [-0.2, -0.15) is 0 Å². The molecule has 0 spiro atoms. The smallest absolute Gasteiger partial charge is 0.236 e. The zero-order valence-electron chi connectivity index (χ0n) is 7.72. The van der Waals surface area contributed by atoms with Crippen molar-refractivity contribution in [2.75, 3.05) is 0 Å². The summed E-state index contributed by atoms with van der Waals surface area (Å²) >= 11 is 0. The molecule has 0 fully saturated rings. The average molecular weight is 242 g/mol. The highest BCUT2D eigenvalue weighted by atomic mass is 35.7. The fourth-order valence-corrected chi connectivity index (χ4v) is 2.43. The Balaban J connectivity index is 2.61. The van der Waals surface area contributed by atoms with Crippen molar-refractivity contribution in [3.8, 4) is 0 Å². The first-order chi connectivity index (χ1) is 7.06. The van der Waals surface area contributed by atoms with Gasteiger partial charge in [0.2, 0.25) is 9.05 Å². The van der Waals surface area contributed by atoms with Gasteiger partial charge in [0.15, 0.2) is 0 Å². The molecule has 78 valence electrons. The molecule has 0 bridgehead atoms. The van der Waals surface area contributed by atoms with Crippen LogP contribution in [0, 0.1) is 0 Å². The summed E-state index contributed by atoms with van der Waals surface area (Å²) in [6.07, 6.45) is 1.63. The van der Waals surface area contributed by atoms with Crippen molar-refractivity contribution in [1.82, 2.24) is 4.98 Å². The Morgan fingerprint density at radius 2 is 1.93 bits per heavy atom. The Morgan fingerprint density at radius 3 is 2.67 bits per heavy atom. The van der Waals surface area contributed by atoms with Crippen LogP contribution >= 0.6 is 10.7 Å². The SMILES string of the molecule is O=S(=O)(Cl)Cc1cccc2cccnc12.